The molecular weight excluding hydrogens is 1570 g/mol. The first kappa shape index (κ1) is 93.1. The van der Waals surface area contributed by atoms with E-state index in [0.29, 0.717) is 98.2 Å². The van der Waals surface area contributed by atoms with Gasteiger partial charge in [0.05, 0.1) is 31.7 Å². The van der Waals surface area contributed by atoms with Crippen LogP contribution in [0.1, 0.15) is 136 Å². The number of aromatic carboxylic acids is 1. The minimum Gasteiger partial charge on any atom is -1.00 e. The highest BCUT2D eigenvalue weighted by atomic mass is 32.1. The summed E-state index contributed by atoms with van der Waals surface area (Å²) in [7, 11) is 7.48. The molecule has 0 radical (unpaired) electrons. The number of carboxylic acids is 1. The van der Waals surface area contributed by atoms with E-state index in [9.17, 15) is 46.8 Å². The molecule has 8 heterocycles. The summed E-state index contributed by atoms with van der Waals surface area (Å²) in [4.78, 5) is 91.6. The number of ether oxygens (including phenoxy) is 2. The molecule has 0 aliphatic carbocycles. The summed E-state index contributed by atoms with van der Waals surface area (Å²) in [5.41, 5.74) is 27.9. The van der Waals surface area contributed by atoms with Crippen LogP contribution in [0.5, 0.6) is 0 Å². The second-order valence-corrected chi connectivity index (χ2v) is 33.6. The first-order valence-electron chi connectivity index (χ1n) is 38.9. The van der Waals surface area contributed by atoms with Gasteiger partial charge in [-0.15, -0.1) is 27.3 Å². The predicted molar refractivity (Wildman–Crippen MR) is 468 cm³/mol. The van der Waals surface area contributed by atoms with Gasteiger partial charge < -0.3 is 59.6 Å². The van der Waals surface area contributed by atoms with Gasteiger partial charge in [0, 0.05) is 110 Å². The van der Waals surface area contributed by atoms with Crippen molar-refractivity contribution in [2.24, 2.45) is 10.8 Å². The number of hydrogen-bond acceptors (Lipinski definition) is 24. The molecule has 0 saturated heterocycles. The Hall–Kier alpha value is -10.4. The number of para-hydroxylation sites is 4. The summed E-state index contributed by atoms with van der Waals surface area (Å²) in [5.74, 6) is -1.77. The Morgan fingerprint density at radius 1 is 0.619 bits per heavy atom. The number of halogens is 4. The molecule has 4 aliphatic heterocycles. The molecule has 628 valence electrons. The van der Waals surface area contributed by atoms with Crippen molar-refractivity contribution in [3.63, 3.8) is 0 Å². The Balaban J connectivity index is 0.000000212. The third-order valence-corrected chi connectivity index (χ3v) is 21.1. The minimum absolute atomic E-state index is 0. The number of aromatic nitrogens is 2. The van der Waals surface area contributed by atoms with E-state index in [4.69, 9.17) is 44.2 Å². The van der Waals surface area contributed by atoms with Gasteiger partial charge in [-0.25, -0.2) is 35.4 Å². The maximum atomic E-state index is 14.1. The summed E-state index contributed by atoms with van der Waals surface area (Å²) < 4.78 is 60.9. The van der Waals surface area contributed by atoms with Crippen LogP contribution < -0.4 is 52.9 Å². The van der Waals surface area contributed by atoms with Gasteiger partial charge in [-0.1, -0.05) is 72.8 Å². The number of nitrogens with two attached hydrogens (primary N) is 1. The zero-order valence-electron chi connectivity index (χ0n) is 68.6. The fraction of sp³-hybridized carbons (Fsp3) is 0.372. The number of carbonyl (C=O) groups excluding carboxylic acids is 3. The lowest BCUT2D eigenvalue weighted by atomic mass is 9.86. The van der Waals surface area contributed by atoms with E-state index in [1.165, 1.54) is 45.2 Å². The molecule has 32 heteroatoms. The van der Waals surface area contributed by atoms with Crippen molar-refractivity contribution in [2.75, 3.05) is 96.8 Å². The minimum atomic E-state index is -3.67. The molecule has 1 amide bonds. The molecule has 15 rings (SSSR count). The largest absolute Gasteiger partial charge is 1.00 e. The summed E-state index contributed by atoms with van der Waals surface area (Å²) in [6.45, 7) is 15.9. The number of rotatable bonds is 18. The monoisotopic (exact) mass is 1680 g/mol. The normalized spacial score (nSPS) is 13.0. The van der Waals surface area contributed by atoms with E-state index in [0.717, 1.165) is 126 Å². The molecule has 8 N–H and O–H groups in total. The van der Waals surface area contributed by atoms with E-state index in [2.05, 4.69) is 48.5 Å². The molecule has 118 heavy (non-hydrogen) atoms. The third-order valence-electron chi connectivity index (χ3n) is 18.4. The second kappa shape index (κ2) is 43.9. The Morgan fingerprint density at radius 2 is 1.03 bits per heavy atom. The maximum Gasteiger partial charge on any atom is 0.762 e. The number of carboxylic acid groups (broad SMARTS) is 1. The number of carbonyl (C=O) groups is 4. The van der Waals surface area contributed by atoms with E-state index in [-0.39, 0.29) is 49.1 Å². The average Bonchev–Trinajstić information content (AvgIpc) is 1.03. The highest BCUT2D eigenvalue weighted by molar-refractivity contribution is 7.29. The maximum absolute atomic E-state index is 14.1. The molecule has 4 aromatic heterocycles. The molecule has 4 aliphatic rings. The van der Waals surface area contributed by atoms with E-state index in [1.54, 1.807) is 30.3 Å². The van der Waals surface area contributed by atoms with Crippen LogP contribution in [0.25, 0.3) is 85.8 Å². The van der Waals surface area contributed by atoms with Gasteiger partial charge in [0.1, 0.15) is 49.2 Å². The molecular formula is C86H104BF4N12O12PS2. The molecule has 1 unspecified atom stereocenters. The Labute approximate surface area is 693 Å². The quantitative estimate of drug-likeness (QED) is 0.00613. The van der Waals surface area contributed by atoms with Gasteiger partial charge in [-0.05, 0) is 223 Å². The number of benzene rings is 7. The van der Waals surface area contributed by atoms with Gasteiger partial charge in [-0.2, -0.15) is 9.78 Å². The Bertz CT molecular complexity index is 5350. The molecule has 1 atom stereocenters. The van der Waals surface area contributed by atoms with Gasteiger partial charge in [0.2, 0.25) is 8.96 Å². The Morgan fingerprint density at radius 3 is 1.46 bits per heavy atom. The lowest BCUT2D eigenvalue weighted by Gasteiger charge is -2.37. The van der Waals surface area contributed by atoms with Gasteiger partial charge >= 0.3 is 36.7 Å². The lowest BCUT2D eigenvalue weighted by molar-refractivity contribution is -0.156. The average molecular weight is 1680 g/mol. The standard InChI is InChI=1S/C37H37N3O5S.C29H22N2O4S.C8H13N4OP.C8H17NO2.2C2H7N.BF3.FH/c1-37(2,3)45-29(41)17-8-18-38-34(42)24-13-5-4-12-23(24)30-26-21-22-11-9-19-40-20-10-14-25(32(22)40)33(26)44-36(43)31(30)35-39-27-15-6-7-16-28(27)46-35;32-28(33)18-9-2-1-8-17(18)23-20-15-16-7-5-13-31-14-6-10-19(25(16)31)26(20)35-29(34)24(23)27-30-21-11-3-4-12-22(21)36-27;1-12(2)14-13-11-8-6-4-3-5-7(8)10-9;1-8(2,3)11-7(10)5-4-6-9;2*1-3-2;2-1(3)4;/h4-7,12-13,15-16,21H,8-11,14,17-20H2,1-3H3,(H,38,42);1-4,8-9,11-12,15H,5-7,10,13-14H2,(H,32,33);3-6,9,11,14H,1-2H3;4-6,9H2,1-3H3;2*3H,1-2H3;;1H. The van der Waals surface area contributed by atoms with Crippen LogP contribution in [-0.2, 0) is 49.4 Å². The fourth-order valence-electron chi connectivity index (χ4n) is 14.1. The van der Waals surface area contributed by atoms with Crippen LogP contribution in [0.2, 0.25) is 0 Å². The first-order chi connectivity index (χ1) is 56.0. The molecule has 0 saturated carbocycles. The fourth-order valence-corrected chi connectivity index (χ4v) is 16.5. The molecule has 7 aromatic carbocycles. The highest BCUT2D eigenvalue weighted by Crippen LogP contribution is 2.49. The van der Waals surface area contributed by atoms with Crippen molar-refractivity contribution in [2.45, 2.75) is 130 Å². The van der Waals surface area contributed by atoms with Gasteiger partial charge in [-0.3, -0.25) is 27.3 Å². The second-order valence-electron chi connectivity index (χ2n) is 30.1. The van der Waals surface area contributed by atoms with Crippen molar-refractivity contribution < 1.29 is 64.9 Å². The number of aryl methyl sites for hydroxylation is 4. The van der Waals surface area contributed by atoms with Crippen molar-refractivity contribution in [3.8, 4) is 43.4 Å². The molecule has 0 fully saturated rings. The molecule has 11 aromatic rings. The molecule has 0 bridgehead atoms. The number of nitrogens with zero attached hydrogens (tertiary/aromatic N) is 6. The predicted octanol–water partition coefficient (Wildman–Crippen LogP) is 14.5. The smallest absolute Gasteiger partial charge is 0.762 e. The number of amides is 1. The van der Waals surface area contributed by atoms with Crippen LogP contribution in [0.3, 0.4) is 0 Å². The number of nitrogens with one attached hydrogen (secondary N) is 5. The number of esters is 2. The number of hydrogen-bond donors (Lipinski definition) is 7. The van der Waals surface area contributed by atoms with Crippen LogP contribution in [-0.4, -0.2) is 144 Å². The zero-order valence-corrected chi connectivity index (χ0v) is 71.4. The molecule has 0 spiro atoms. The number of fused-ring (bicyclic) bond motifs is 6. The summed E-state index contributed by atoms with van der Waals surface area (Å²) in [5, 5.41) is 24.6. The van der Waals surface area contributed by atoms with Crippen molar-refractivity contribution in [1.29, 1.82) is 5.53 Å². The van der Waals surface area contributed by atoms with E-state index in [1.807, 2.05) is 179 Å². The van der Waals surface area contributed by atoms with Crippen molar-refractivity contribution >= 4 is 128 Å². The van der Waals surface area contributed by atoms with Crippen LogP contribution in [0.4, 0.5) is 35.7 Å². The van der Waals surface area contributed by atoms with E-state index < -0.39 is 30.4 Å². The molecule has 24 nitrogen and oxygen atoms in total. The summed E-state index contributed by atoms with van der Waals surface area (Å²) in [6.07, 6.45) is 9.47. The summed E-state index contributed by atoms with van der Waals surface area (Å²) >= 11 is 2.87. The zero-order chi connectivity index (χ0) is 84.7. The van der Waals surface area contributed by atoms with Gasteiger partial charge in [0.15, 0.2) is 0 Å². The highest BCUT2D eigenvalue weighted by Gasteiger charge is 2.34. The lowest BCUT2D eigenvalue weighted by Crippen LogP contribution is -3.00. The third kappa shape index (κ3) is 24.4. The topological polar surface area (TPSA) is 322 Å². The van der Waals surface area contributed by atoms with Gasteiger partial charge in [0.25, 0.3) is 5.91 Å². The van der Waals surface area contributed by atoms with Crippen LogP contribution in [0, 0.1) is 5.53 Å². The van der Waals surface area contributed by atoms with Crippen molar-refractivity contribution in [3.05, 3.63) is 188 Å². The summed E-state index contributed by atoms with van der Waals surface area (Å²) in [6, 6.07) is 41.4. The van der Waals surface area contributed by atoms with Crippen molar-refractivity contribution in [1.82, 2.24) is 30.6 Å². The Kier molecular flexibility index (Phi) is 34.7. The number of thiazole rings is 2. The SMILES string of the molecule is CC(C)(C)OC(=O)CCCN.CC(C)(C)OC(=O)CCCNC(=O)c1ccccc1-c1c(-c2nc3ccccc3s2)c(=O)oc2c3c4c(cc12)CCCN4CCC3.CN(C)[PH2+]ONc1ccccc1N=N.CNC.CNC.FB(F)F.O=C(O)c1ccccc1-c1c(-c2nc3ccccc3s2)c(=O)oc2c3c4c(cc12)CCCN4CCC3.[F-]. The number of anilines is 3. The van der Waals surface area contributed by atoms with Crippen LogP contribution >= 0.6 is 31.6 Å². The first-order valence-corrected chi connectivity index (χ1v) is 41.5. The van der Waals surface area contributed by atoms with Crippen LogP contribution in [0.15, 0.2) is 157 Å². The van der Waals surface area contributed by atoms with E-state index >= 15 is 0 Å².